The predicted octanol–water partition coefficient (Wildman–Crippen LogP) is 3.50. The Morgan fingerprint density at radius 1 is 1.39 bits per heavy atom. The van der Waals surface area contributed by atoms with Gasteiger partial charge in [0, 0.05) is 4.90 Å². The smallest absolute Gasteiger partial charge is 0.341 e. The average Bonchev–Trinajstić information content (AvgIpc) is 2.85. The second-order valence-corrected chi connectivity index (χ2v) is 4.49. The maximum Gasteiger partial charge on any atom is 0.341 e. The van der Waals surface area contributed by atoms with Gasteiger partial charge in [-0.25, -0.2) is 9.18 Å². The van der Waals surface area contributed by atoms with Crippen LogP contribution in [0.3, 0.4) is 0 Å². The third-order valence-electron chi connectivity index (χ3n) is 2.35. The van der Waals surface area contributed by atoms with Gasteiger partial charge < -0.3 is 9.15 Å². The number of hydrogen-bond acceptors (Lipinski definition) is 4. The van der Waals surface area contributed by atoms with Crippen LogP contribution in [0.15, 0.2) is 45.9 Å². The second-order valence-electron chi connectivity index (χ2n) is 3.47. The van der Waals surface area contributed by atoms with Crippen LogP contribution in [0, 0.1) is 5.82 Å². The molecule has 0 saturated heterocycles. The van der Waals surface area contributed by atoms with Crippen molar-refractivity contribution in [2.45, 2.75) is 10.6 Å². The number of carbonyl (C=O) groups excluding carboxylic acids is 1. The van der Waals surface area contributed by atoms with Crippen LogP contribution < -0.4 is 0 Å². The van der Waals surface area contributed by atoms with E-state index in [4.69, 9.17) is 4.42 Å². The van der Waals surface area contributed by atoms with Crippen molar-refractivity contribution in [2.24, 2.45) is 0 Å². The molecule has 0 aliphatic carbocycles. The molecule has 1 heterocycles. The molecule has 94 valence electrons. The number of ether oxygens (including phenoxy) is 1. The number of carbonyl (C=O) groups is 1. The zero-order chi connectivity index (χ0) is 13.0. The summed E-state index contributed by atoms with van der Waals surface area (Å²) in [6.07, 6.45) is 1.42. The van der Waals surface area contributed by atoms with Crippen molar-refractivity contribution in [3.8, 4) is 0 Å². The summed E-state index contributed by atoms with van der Waals surface area (Å²) >= 11 is 1.27. The molecule has 2 rings (SSSR count). The minimum absolute atomic E-state index is 0.284. The Morgan fingerprint density at radius 3 is 2.89 bits per heavy atom. The van der Waals surface area contributed by atoms with Gasteiger partial charge >= 0.3 is 5.97 Å². The van der Waals surface area contributed by atoms with Crippen LogP contribution in [0.25, 0.3) is 0 Å². The van der Waals surface area contributed by atoms with Crippen molar-refractivity contribution in [1.82, 2.24) is 0 Å². The highest BCUT2D eigenvalue weighted by atomic mass is 32.2. The van der Waals surface area contributed by atoms with Crippen molar-refractivity contribution >= 4 is 17.7 Å². The van der Waals surface area contributed by atoms with E-state index in [2.05, 4.69) is 4.74 Å². The Labute approximate surface area is 108 Å². The van der Waals surface area contributed by atoms with Gasteiger partial charge in [0.05, 0.1) is 19.1 Å². The number of furan rings is 1. The fraction of sp³-hybridized carbons (Fsp3) is 0.154. The van der Waals surface area contributed by atoms with Crippen LogP contribution in [-0.4, -0.2) is 13.1 Å². The minimum atomic E-state index is -0.451. The molecule has 0 unspecified atom stereocenters. The fourth-order valence-corrected chi connectivity index (χ4v) is 2.34. The van der Waals surface area contributed by atoms with E-state index in [1.807, 2.05) is 0 Å². The van der Waals surface area contributed by atoms with E-state index >= 15 is 0 Å². The molecule has 0 saturated carbocycles. The molecule has 3 nitrogen and oxygen atoms in total. The van der Waals surface area contributed by atoms with Gasteiger partial charge in [-0.05, 0) is 18.2 Å². The largest absolute Gasteiger partial charge is 0.468 e. The van der Waals surface area contributed by atoms with Crippen LogP contribution in [-0.2, 0) is 10.5 Å². The molecule has 0 aliphatic heterocycles. The van der Waals surface area contributed by atoms with Gasteiger partial charge in [0.15, 0.2) is 0 Å². The molecule has 0 spiro atoms. The first-order chi connectivity index (χ1) is 8.72. The highest BCUT2D eigenvalue weighted by Gasteiger charge is 2.15. The molecule has 0 N–H and O–H groups in total. The van der Waals surface area contributed by atoms with Crippen LogP contribution in [0.5, 0.6) is 0 Å². The lowest BCUT2D eigenvalue weighted by molar-refractivity contribution is 0.0598. The van der Waals surface area contributed by atoms with Crippen molar-refractivity contribution in [3.63, 3.8) is 0 Å². The Kier molecular flexibility index (Phi) is 4.04. The molecule has 18 heavy (non-hydrogen) atoms. The number of methoxy groups -OCH3 is 1. The summed E-state index contributed by atoms with van der Waals surface area (Å²) < 4.78 is 23.2. The number of rotatable bonds is 4. The van der Waals surface area contributed by atoms with E-state index in [1.54, 1.807) is 24.3 Å². The van der Waals surface area contributed by atoms with E-state index in [0.717, 1.165) is 0 Å². The van der Waals surface area contributed by atoms with Gasteiger partial charge in [-0.2, -0.15) is 0 Å². The zero-order valence-corrected chi connectivity index (χ0v) is 10.5. The summed E-state index contributed by atoms with van der Waals surface area (Å²) in [6, 6.07) is 8.01. The van der Waals surface area contributed by atoms with Gasteiger partial charge in [-0.1, -0.05) is 12.1 Å². The third kappa shape index (κ3) is 2.73. The lowest BCUT2D eigenvalue weighted by Crippen LogP contribution is -2.02. The predicted molar refractivity (Wildman–Crippen MR) is 66.0 cm³/mol. The number of hydrogen-bond donors (Lipinski definition) is 0. The number of benzene rings is 1. The van der Waals surface area contributed by atoms with Crippen LogP contribution >= 0.6 is 11.8 Å². The number of thioether (sulfide) groups is 1. The minimum Gasteiger partial charge on any atom is -0.468 e. The van der Waals surface area contributed by atoms with Crippen molar-refractivity contribution in [2.75, 3.05) is 7.11 Å². The van der Waals surface area contributed by atoms with E-state index in [1.165, 1.54) is 31.2 Å². The summed E-state index contributed by atoms with van der Waals surface area (Å²) in [4.78, 5) is 11.9. The van der Waals surface area contributed by atoms with Crippen molar-refractivity contribution in [3.05, 3.63) is 53.7 Å². The SMILES string of the molecule is COC(=O)c1ccoc1CSc1ccccc1F. The van der Waals surface area contributed by atoms with Crippen molar-refractivity contribution < 1.29 is 18.3 Å². The lowest BCUT2D eigenvalue weighted by Gasteiger charge is -2.02. The van der Waals surface area contributed by atoms with Gasteiger partial charge in [0.25, 0.3) is 0 Å². The van der Waals surface area contributed by atoms with E-state index in [9.17, 15) is 9.18 Å². The molecule has 5 heteroatoms. The van der Waals surface area contributed by atoms with E-state index in [0.29, 0.717) is 22.0 Å². The highest BCUT2D eigenvalue weighted by Crippen LogP contribution is 2.27. The summed E-state index contributed by atoms with van der Waals surface area (Å²) in [5.41, 5.74) is 0.376. The first-order valence-corrected chi connectivity index (χ1v) is 6.23. The van der Waals surface area contributed by atoms with Crippen LogP contribution in [0.2, 0.25) is 0 Å². The molecule has 1 aromatic carbocycles. The van der Waals surface area contributed by atoms with Gasteiger partial charge in [0.2, 0.25) is 0 Å². The third-order valence-corrected chi connectivity index (χ3v) is 3.39. The molecule has 0 radical (unpaired) electrons. The molecular weight excluding hydrogens is 255 g/mol. The Morgan fingerprint density at radius 2 is 2.17 bits per heavy atom. The first kappa shape index (κ1) is 12.7. The standard InChI is InChI=1S/C13H11FO3S/c1-16-13(15)9-6-7-17-11(9)8-18-12-5-3-2-4-10(12)14/h2-7H,8H2,1H3. The topological polar surface area (TPSA) is 39.4 Å². The monoisotopic (exact) mass is 266 g/mol. The van der Waals surface area contributed by atoms with Gasteiger partial charge in [-0.15, -0.1) is 11.8 Å². The molecule has 0 fully saturated rings. The molecular formula is C13H11FO3S. The summed E-state index contributed by atoms with van der Waals surface area (Å²) in [5, 5.41) is 0. The van der Waals surface area contributed by atoms with Gasteiger partial charge in [0.1, 0.15) is 17.1 Å². The molecule has 2 aromatic rings. The van der Waals surface area contributed by atoms with Gasteiger partial charge in [-0.3, -0.25) is 0 Å². The zero-order valence-electron chi connectivity index (χ0n) is 9.68. The summed E-state index contributed by atoms with van der Waals surface area (Å²) in [6.45, 7) is 0. The lowest BCUT2D eigenvalue weighted by atomic mass is 10.3. The average molecular weight is 266 g/mol. The second kappa shape index (κ2) is 5.73. The molecule has 0 amide bonds. The van der Waals surface area contributed by atoms with Crippen molar-refractivity contribution in [1.29, 1.82) is 0 Å². The Balaban J connectivity index is 2.09. The normalized spacial score (nSPS) is 10.3. The quantitative estimate of drug-likeness (QED) is 0.627. The highest BCUT2D eigenvalue weighted by molar-refractivity contribution is 7.98. The fourth-order valence-electron chi connectivity index (χ4n) is 1.45. The van der Waals surface area contributed by atoms with Crippen LogP contribution in [0.4, 0.5) is 4.39 Å². The van der Waals surface area contributed by atoms with Crippen LogP contribution in [0.1, 0.15) is 16.1 Å². The number of halogens is 1. The number of esters is 1. The maximum absolute atomic E-state index is 13.4. The molecule has 1 aromatic heterocycles. The Bertz CT molecular complexity index is 551. The first-order valence-electron chi connectivity index (χ1n) is 5.24. The Hall–Kier alpha value is -1.75. The van der Waals surface area contributed by atoms with E-state index < -0.39 is 5.97 Å². The molecule has 0 atom stereocenters. The summed E-state index contributed by atoms with van der Waals surface area (Å²) in [7, 11) is 1.31. The van der Waals surface area contributed by atoms with E-state index in [-0.39, 0.29) is 5.82 Å². The molecule has 0 aliphatic rings. The molecule has 0 bridgehead atoms. The maximum atomic E-state index is 13.4. The summed E-state index contributed by atoms with van der Waals surface area (Å²) in [5.74, 6) is 0.120.